The minimum absolute atomic E-state index is 0.00924. The number of imide groups is 1. The molecule has 4 aliphatic rings. The highest BCUT2D eigenvalue weighted by Crippen LogP contribution is 2.68. The Bertz CT molecular complexity index is 2280. The van der Waals surface area contributed by atoms with Crippen LogP contribution in [0.5, 0.6) is 11.5 Å². The molecule has 4 aromatic carbocycles. The Morgan fingerprint density at radius 3 is 2.43 bits per heavy atom. The van der Waals surface area contributed by atoms with Crippen molar-refractivity contribution in [1.29, 1.82) is 0 Å². The number of thiazole rings is 1. The van der Waals surface area contributed by atoms with Gasteiger partial charge in [0, 0.05) is 21.7 Å². The molecular formula is C40H35N3O6S2. The maximum absolute atomic E-state index is 14.1. The summed E-state index contributed by atoms with van der Waals surface area (Å²) >= 11 is 2.88. The number of fused-ring (bicyclic) bond motifs is 10. The number of rotatable bonds is 8. The van der Waals surface area contributed by atoms with Crippen molar-refractivity contribution in [3.05, 3.63) is 111 Å². The minimum atomic E-state index is -0.388. The van der Waals surface area contributed by atoms with Crippen molar-refractivity contribution in [1.82, 2.24) is 4.98 Å². The van der Waals surface area contributed by atoms with E-state index in [0.717, 1.165) is 38.2 Å². The van der Waals surface area contributed by atoms with Crippen molar-refractivity contribution in [2.45, 2.75) is 36.5 Å². The van der Waals surface area contributed by atoms with Gasteiger partial charge in [0.1, 0.15) is 0 Å². The fourth-order valence-corrected chi connectivity index (χ4v) is 11.9. The molecule has 5 aromatic rings. The van der Waals surface area contributed by atoms with Crippen molar-refractivity contribution in [3.8, 4) is 11.5 Å². The van der Waals surface area contributed by atoms with Gasteiger partial charge in [-0.25, -0.2) is 0 Å². The predicted molar refractivity (Wildman–Crippen MR) is 198 cm³/mol. The zero-order chi connectivity index (χ0) is 35.0. The van der Waals surface area contributed by atoms with Crippen molar-refractivity contribution in [2.75, 3.05) is 23.4 Å². The number of aryl methyl sites for hydroxylation is 1. The summed E-state index contributed by atoms with van der Waals surface area (Å²) in [5.41, 5.74) is 3.33. The number of anilines is 2. The summed E-state index contributed by atoms with van der Waals surface area (Å²) in [6.07, 6.45) is 0.804. The standard InChI is InChI=1S/C40H35N3O6S2/c1-3-48-29-17-23(11-15-28(29)49-19-30(44)41-24-12-10-21-6-4-5-7-22(21)16-24)31-32-26-18-27(35(32)50-37-36(31)51-40(47)42-37)34-33(26)38(45)43(39(34)46)25-13-8-20(2)9-14-25/h4-17,26-27,31-35H,3,18-19H2,1-2H3,(H,41,44)(H,42,47)/t26-,27-,31-,32?,33?,34?,35?/m1/s1. The zero-order valence-electron chi connectivity index (χ0n) is 28.0. The molecule has 2 saturated carbocycles. The Labute approximate surface area is 302 Å². The second-order valence-corrected chi connectivity index (χ2v) is 16.0. The van der Waals surface area contributed by atoms with E-state index in [1.165, 1.54) is 16.2 Å². The molecule has 2 bridgehead atoms. The normalized spacial score (nSPS) is 25.8. The van der Waals surface area contributed by atoms with E-state index in [1.54, 1.807) is 11.8 Å². The summed E-state index contributed by atoms with van der Waals surface area (Å²) in [7, 11) is 0. The lowest BCUT2D eigenvalue weighted by Gasteiger charge is -2.43. The number of hydrogen-bond acceptors (Lipinski definition) is 8. The van der Waals surface area contributed by atoms with Gasteiger partial charge < -0.3 is 19.8 Å². The molecule has 0 spiro atoms. The first kappa shape index (κ1) is 32.1. The highest BCUT2D eigenvalue weighted by molar-refractivity contribution is 8.00. The van der Waals surface area contributed by atoms with Gasteiger partial charge in [-0.15, -0.1) is 11.8 Å². The number of ether oxygens (including phenoxy) is 2. The third-order valence-electron chi connectivity index (χ3n) is 11.0. The summed E-state index contributed by atoms with van der Waals surface area (Å²) in [4.78, 5) is 59.1. The van der Waals surface area contributed by atoms with E-state index < -0.39 is 0 Å². The van der Waals surface area contributed by atoms with E-state index in [0.29, 0.717) is 29.5 Å². The van der Waals surface area contributed by atoms with Crippen LogP contribution in [0.3, 0.4) is 0 Å². The van der Waals surface area contributed by atoms with Crippen LogP contribution in [0.1, 0.15) is 35.3 Å². The number of aromatic amines is 1. The largest absolute Gasteiger partial charge is 0.490 e. The molecule has 1 saturated heterocycles. The molecule has 3 fully saturated rings. The molecule has 9 rings (SSSR count). The molecule has 0 radical (unpaired) electrons. The van der Waals surface area contributed by atoms with Crippen LogP contribution in [0.2, 0.25) is 0 Å². The van der Waals surface area contributed by atoms with Crippen LogP contribution in [0.15, 0.2) is 94.7 Å². The van der Waals surface area contributed by atoms with E-state index in [2.05, 4.69) is 10.3 Å². The topological polar surface area (TPSA) is 118 Å². The molecular weight excluding hydrogens is 683 g/mol. The number of carbonyl (C=O) groups excluding carboxylic acids is 3. The van der Waals surface area contributed by atoms with Gasteiger partial charge >= 0.3 is 4.87 Å². The Morgan fingerprint density at radius 2 is 1.65 bits per heavy atom. The number of nitrogens with one attached hydrogen (secondary N) is 2. The average molecular weight is 718 g/mol. The second-order valence-electron chi connectivity index (χ2n) is 13.8. The molecule has 9 nitrogen and oxygen atoms in total. The Morgan fingerprint density at radius 1 is 0.882 bits per heavy atom. The Balaban J connectivity index is 1.00. The highest BCUT2D eigenvalue weighted by Gasteiger charge is 2.69. The van der Waals surface area contributed by atoms with Gasteiger partial charge in [-0.3, -0.25) is 24.1 Å². The lowest BCUT2D eigenvalue weighted by molar-refractivity contribution is -0.123. The first-order valence-electron chi connectivity index (χ1n) is 17.3. The van der Waals surface area contributed by atoms with Crippen LogP contribution in [-0.4, -0.2) is 41.2 Å². The Hall–Kier alpha value is -4.87. The van der Waals surface area contributed by atoms with Gasteiger partial charge in [0.2, 0.25) is 11.8 Å². The molecule has 11 heteroatoms. The summed E-state index contributed by atoms with van der Waals surface area (Å²) in [5.74, 6) is -0.428. The van der Waals surface area contributed by atoms with Crippen molar-refractivity contribution in [3.63, 3.8) is 0 Å². The van der Waals surface area contributed by atoms with Crippen LogP contribution in [-0.2, 0) is 14.4 Å². The quantitative estimate of drug-likeness (QED) is 0.166. The van der Waals surface area contributed by atoms with Gasteiger partial charge in [0.15, 0.2) is 18.1 Å². The molecule has 7 atom stereocenters. The lowest BCUT2D eigenvalue weighted by Crippen LogP contribution is -2.42. The summed E-state index contributed by atoms with van der Waals surface area (Å²) in [5, 5.41) is 5.95. The summed E-state index contributed by atoms with van der Waals surface area (Å²) in [6.45, 7) is 4.06. The third-order valence-corrected chi connectivity index (χ3v) is 13.6. The van der Waals surface area contributed by atoms with E-state index in [4.69, 9.17) is 9.47 Å². The molecule has 258 valence electrons. The SMILES string of the molecule is CCOc1cc([C@H]2c3sc(=O)[nH]c3SC3C2[C@H]2C[C@@H]3C3C(=O)N(c4ccc(C)cc4)C(=O)C32)ccc1OCC(=O)Nc1ccc2ccccc2c1. The highest BCUT2D eigenvalue weighted by atomic mass is 32.2. The number of nitrogens with zero attached hydrogens (tertiary/aromatic N) is 1. The molecule has 4 unspecified atom stereocenters. The predicted octanol–water partition coefficient (Wildman–Crippen LogP) is 6.99. The lowest BCUT2D eigenvalue weighted by atomic mass is 9.68. The van der Waals surface area contributed by atoms with Crippen LogP contribution < -0.4 is 24.6 Å². The number of H-pyrrole nitrogens is 1. The van der Waals surface area contributed by atoms with Crippen LogP contribution in [0, 0.1) is 36.5 Å². The first-order chi connectivity index (χ1) is 24.8. The average Bonchev–Trinajstić information content (AvgIpc) is 3.87. The van der Waals surface area contributed by atoms with Crippen LogP contribution in [0.4, 0.5) is 11.4 Å². The zero-order valence-corrected chi connectivity index (χ0v) is 29.6. The smallest absolute Gasteiger partial charge is 0.305 e. The molecule has 3 heterocycles. The van der Waals surface area contributed by atoms with Crippen molar-refractivity contribution >= 4 is 63.0 Å². The van der Waals surface area contributed by atoms with Crippen LogP contribution >= 0.6 is 23.1 Å². The number of benzene rings is 4. The maximum atomic E-state index is 14.1. The molecule has 2 N–H and O–H groups in total. The molecule has 3 amide bonds. The van der Waals surface area contributed by atoms with Gasteiger partial charge in [-0.2, -0.15) is 0 Å². The van der Waals surface area contributed by atoms with E-state index in [-0.39, 0.29) is 70.0 Å². The summed E-state index contributed by atoms with van der Waals surface area (Å²) < 4.78 is 12.1. The minimum Gasteiger partial charge on any atom is -0.490 e. The Kier molecular flexibility index (Phi) is 7.81. The van der Waals surface area contributed by atoms with E-state index >= 15 is 0 Å². The second kappa shape index (κ2) is 12.4. The van der Waals surface area contributed by atoms with Gasteiger partial charge in [-0.05, 0) is 90.8 Å². The van der Waals surface area contributed by atoms with Gasteiger partial charge in [0.25, 0.3) is 5.91 Å². The van der Waals surface area contributed by atoms with Crippen molar-refractivity contribution in [2.24, 2.45) is 29.6 Å². The van der Waals surface area contributed by atoms with Crippen molar-refractivity contribution < 1.29 is 23.9 Å². The fourth-order valence-electron chi connectivity index (χ4n) is 9.05. The van der Waals surface area contributed by atoms with Gasteiger partial charge in [-0.1, -0.05) is 65.4 Å². The summed E-state index contributed by atoms with van der Waals surface area (Å²) in [6, 6.07) is 27.1. The number of aromatic nitrogens is 1. The molecule has 51 heavy (non-hydrogen) atoms. The number of thioether (sulfide) groups is 1. The third kappa shape index (κ3) is 5.28. The van der Waals surface area contributed by atoms with Gasteiger partial charge in [0.05, 0.1) is 29.2 Å². The van der Waals surface area contributed by atoms with Crippen LogP contribution in [0.25, 0.3) is 10.8 Å². The first-order valence-corrected chi connectivity index (χ1v) is 19.0. The van der Waals surface area contributed by atoms with E-state index in [1.807, 2.05) is 98.8 Å². The maximum Gasteiger partial charge on any atom is 0.305 e. The number of hydrogen-bond donors (Lipinski definition) is 2. The molecule has 2 aliphatic heterocycles. The molecule has 1 aromatic heterocycles. The van der Waals surface area contributed by atoms with E-state index in [9.17, 15) is 19.2 Å². The number of carbonyl (C=O) groups is 3. The molecule has 2 aliphatic carbocycles. The monoisotopic (exact) mass is 717 g/mol. The number of amides is 3. The fraction of sp³-hybridized carbons (Fsp3) is 0.300.